The van der Waals surface area contributed by atoms with Gasteiger partial charge in [-0.25, -0.2) is 0 Å². The number of ketones is 1. The highest BCUT2D eigenvalue weighted by molar-refractivity contribution is 6.46. The lowest BCUT2D eigenvalue weighted by Gasteiger charge is -2.28. The largest absolute Gasteiger partial charge is 0.507 e. The van der Waals surface area contributed by atoms with Crippen molar-refractivity contribution in [1.82, 2.24) is 4.90 Å². The Morgan fingerprint density at radius 2 is 1.82 bits per heavy atom. The molecule has 2 atom stereocenters. The number of rotatable bonds is 6. The Hall–Kier alpha value is -3.52. The second kappa shape index (κ2) is 9.38. The van der Waals surface area contributed by atoms with Crippen molar-refractivity contribution in [3.63, 3.8) is 0 Å². The minimum Gasteiger partial charge on any atom is -0.507 e. The highest BCUT2D eigenvalue weighted by Crippen LogP contribution is 2.43. The van der Waals surface area contributed by atoms with Crippen LogP contribution in [-0.2, 0) is 14.3 Å². The van der Waals surface area contributed by atoms with E-state index in [9.17, 15) is 19.8 Å². The number of benzene rings is 2. The number of nitrogens with zero attached hydrogens (tertiary/aromatic N) is 1. The first kappa shape index (κ1) is 23.6. The number of ether oxygens (including phenoxy) is 3. The second-order valence-corrected chi connectivity index (χ2v) is 8.65. The Morgan fingerprint density at radius 3 is 2.44 bits per heavy atom. The van der Waals surface area contributed by atoms with Crippen LogP contribution >= 0.6 is 0 Å². The lowest BCUT2D eigenvalue weighted by molar-refractivity contribution is -0.140. The standard InChI is InChI=1S/C26H29NO7/c1-14-11-21(33-4)15(2)10-18(14)24(29)22-23(16-7-8-20(32-3)19(28)12-16)27(26(31)25(22)30)13-17-6-5-9-34-17/h7-8,10-12,17,23,28-29H,5-6,9,13H2,1-4H3/b24-22+. The van der Waals surface area contributed by atoms with Gasteiger partial charge in [0.2, 0.25) is 0 Å². The summed E-state index contributed by atoms with van der Waals surface area (Å²) < 4.78 is 16.2. The summed E-state index contributed by atoms with van der Waals surface area (Å²) in [4.78, 5) is 27.8. The van der Waals surface area contributed by atoms with Crippen molar-refractivity contribution in [2.75, 3.05) is 27.4 Å². The number of hydrogen-bond acceptors (Lipinski definition) is 7. The van der Waals surface area contributed by atoms with Crippen LogP contribution < -0.4 is 9.47 Å². The van der Waals surface area contributed by atoms with Gasteiger partial charge in [0.1, 0.15) is 11.5 Å². The molecule has 2 aliphatic rings. The molecule has 4 rings (SSSR count). The highest BCUT2D eigenvalue weighted by atomic mass is 16.5. The van der Waals surface area contributed by atoms with Crippen molar-refractivity contribution < 1.29 is 34.0 Å². The third kappa shape index (κ3) is 4.09. The van der Waals surface area contributed by atoms with Crippen molar-refractivity contribution in [2.24, 2.45) is 0 Å². The lowest BCUT2D eigenvalue weighted by atomic mass is 9.92. The number of aromatic hydroxyl groups is 1. The van der Waals surface area contributed by atoms with Gasteiger partial charge in [-0.05, 0) is 67.6 Å². The molecule has 2 fully saturated rings. The Morgan fingerprint density at radius 1 is 1.09 bits per heavy atom. The molecule has 34 heavy (non-hydrogen) atoms. The van der Waals surface area contributed by atoms with Gasteiger partial charge < -0.3 is 29.3 Å². The van der Waals surface area contributed by atoms with Crippen LogP contribution in [0.3, 0.4) is 0 Å². The van der Waals surface area contributed by atoms with E-state index in [4.69, 9.17) is 14.2 Å². The van der Waals surface area contributed by atoms with E-state index in [1.54, 1.807) is 38.3 Å². The number of aliphatic hydroxyl groups is 1. The van der Waals surface area contributed by atoms with Gasteiger partial charge in [-0.15, -0.1) is 0 Å². The van der Waals surface area contributed by atoms with Crippen molar-refractivity contribution >= 4 is 17.4 Å². The van der Waals surface area contributed by atoms with Crippen LogP contribution in [0.1, 0.15) is 41.1 Å². The number of likely N-dealkylation sites (tertiary alicyclic amines) is 1. The fourth-order valence-corrected chi connectivity index (χ4v) is 4.71. The molecule has 2 saturated heterocycles. The zero-order valence-electron chi connectivity index (χ0n) is 19.8. The van der Waals surface area contributed by atoms with Gasteiger partial charge in [-0.3, -0.25) is 9.59 Å². The number of phenolic OH excluding ortho intramolecular Hbond substituents is 1. The zero-order valence-corrected chi connectivity index (χ0v) is 19.8. The monoisotopic (exact) mass is 467 g/mol. The predicted molar refractivity (Wildman–Crippen MR) is 125 cm³/mol. The molecule has 180 valence electrons. The third-order valence-corrected chi connectivity index (χ3v) is 6.48. The first-order valence-corrected chi connectivity index (χ1v) is 11.2. The maximum Gasteiger partial charge on any atom is 0.295 e. The van der Waals surface area contributed by atoms with Crippen LogP contribution in [-0.4, -0.2) is 60.3 Å². The summed E-state index contributed by atoms with van der Waals surface area (Å²) >= 11 is 0. The molecule has 1 amide bonds. The molecule has 2 aromatic rings. The highest BCUT2D eigenvalue weighted by Gasteiger charge is 2.47. The Balaban J connectivity index is 1.88. The first-order chi connectivity index (χ1) is 16.3. The van der Waals surface area contributed by atoms with Gasteiger partial charge in [-0.1, -0.05) is 6.07 Å². The maximum absolute atomic E-state index is 13.3. The molecule has 2 unspecified atom stereocenters. The number of methoxy groups -OCH3 is 2. The summed E-state index contributed by atoms with van der Waals surface area (Å²) in [5, 5.41) is 21.8. The van der Waals surface area contributed by atoms with E-state index in [-0.39, 0.29) is 35.5 Å². The Labute approximate surface area is 198 Å². The number of hydrogen-bond donors (Lipinski definition) is 2. The zero-order chi connectivity index (χ0) is 24.6. The van der Waals surface area contributed by atoms with Gasteiger partial charge in [0, 0.05) is 18.7 Å². The number of aryl methyl sites for hydroxylation is 2. The molecule has 0 radical (unpaired) electrons. The van der Waals surface area contributed by atoms with Crippen LogP contribution in [0.25, 0.3) is 5.76 Å². The number of phenols is 1. The molecule has 0 saturated carbocycles. The molecule has 0 aromatic heterocycles. The van der Waals surface area contributed by atoms with Crippen molar-refractivity contribution in [3.8, 4) is 17.2 Å². The van der Waals surface area contributed by atoms with E-state index >= 15 is 0 Å². The maximum atomic E-state index is 13.3. The molecule has 2 heterocycles. The van der Waals surface area contributed by atoms with Gasteiger partial charge in [-0.2, -0.15) is 0 Å². The van der Waals surface area contributed by atoms with Crippen LogP contribution in [0.4, 0.5) is 0 Å². The van der Waals surface area contributed by atoms with E-state index < -0.39 is 17.7 Å². The fraction of sp³-hybridized carbons (Fsp3) is 0.385. The number of aliphatic hydroxyl groups excluding tert-OH is 1. The first-order valence-electron chi connectivity index (χ1n) is 11.2. The van der Waals surface area contributed by atoms with E-state index in [0.717, 1.165) is 18.4 Å². The van der Waals surface area contributed by atoms with Crippen molar-refractivity contribution in [3.05, 3.63) is 58.2 Å². The van der Waals surface area contributed by atoms with E-state index in [1.165, 1.54) is 18.1 Å². The van der Waals surface area contributed by atoms with E-state index in [2.05, 4.69) is 0 Å². The average Bonchev–Trinajstić information content (AvgIpc) is 3.42. The summed E-state index contributed by atoms with van der Waals surface area (Å²) in [6.07, 6.45) is 1.46. The number of carbonyl (C=O) groups excluding carboxylic acids is 2. The molecule has 2 aromatic carbocycles. The second-order valence-electron chi connectivity index (χ2n) is 8.65. The van der Waals surface area contributed by atoms with Crippen molar-refractivity contribution in [2.45, 2.75) is 38.8 Å². The summed E-state index contributed by atoms with van der Waals surface area (Å²) in [5.41, 5.74) is 2.37. The number of carbonyl (C=O) groups is 2. The number of Topliss-reactive ketones (excluding diaryl/α,β-unsaturated/α-hetero) is 1. The molecular weight excluding hydrogens is 438 g/mol. The summed E-state index contributed by atoms with van der Waals surface area (Å²) in [6.45, 7) is 4.45. The van der Waals surface area contributed by atoms with Gasteiger partial charge in [0.25, 0.3) is 11.7 Å². The van der Waals surface area contributed by atoms with E-state index in [0.29, 0.717) is 29.0 Å². The Bertz CT molecular complexity index is 1160. The van der Waals surface area contributed by atoms with Crippen LogP contribution in [0.15, 0.2) is 35.9 Å². The van der Waals surface area contributed by atoms with Gasteiger partial charge in [0.05, 0.1) is 31.9 Å². The van der Waals surface area contributed by atoms with Crippen molar-refractivity contribution in [1.29, 1.82) is 0 Å². The molecule has 2 N–H and O–H groups in total. The predicted octanol–water partition coefficient (Wildman–Crippen LogP) is 3.63. The minimum absolute atomic E-state index is 0.0276. The van der Waals surface area contributed by atoms with Crippen LogP contribution in [0.5, 0.6) is 17.2 Å². The quantitative estimate of drug-likeness (QED) is 0.380. The molecule has 0 aliphatic carbocycles. The number of amides is 1. The third-order valence-electron chi connectivity index (χ3n) is 6.48. The molecule has 2 aliphatic heterocycles. The topological polar surface area (TPSA) is 106 Å². The van der Waals surface area contributed by atoms with E-state index in [1.807, 2.05) is 6.92 Å². The smallest absolute Gasteiger partial charge is 0.295 e. The minimum atomic E-state index is -0.886. The molecule has 8 nitrogen and oxygen atoms in total. The normalized spacial score (nSPS) is 21.8. The molecule has 8 heteroatoms. The lowest BCUT2D eigenvalue weighted by Crippen LogP contribution is -2.36. The summed E-state index contributed by atoms with van der Waals surface area (Å²) in [6, 6.07) is 7.33. The van der Waals surface area contributed by atoms with Crippen LogP contribution in [0.2, 0.25) is 0 Å². The van der Waals surface area contributed by atoms with Gasteiger partial charge in [0.15, 0.2) is 11.5 Å². The summed E-state index contributed by atoms with van der Waals surface area (Å²) in [7, 11) is 3.00. The van der Waals surface area contributed by atoms with Gasteiger partial charge >= 0.3 is 0 Å². The average molecular weight is 468 g/mol. The molecule has 0 bridgehead atoms. The summed E-state index contributed by atoms with van der Waals surface area (Å²) in [5.74, 6) is -0.953. The fourth-order valence-electron chi connectivity index (χ4n) is 4.71. The SMILES string of the molecule is COc1cc(C)c(/C(O)=C2\C(=O)C(=O)N(CC3CCCO3)C2c2ccc(OC)c(O)c2)cc1C. The van der Waals surface area contributed by atoms with Crippen LogP contribution in [0, 0.1) is 13.8 Å². The molecular formula is C26H29NO7. The molecule has 0 spiro atoms. The Kier molecular flexibility index (Phi) is 6.52.